The second kappa shape index (κ2) is 6.24. The highest BCUT2D eigenvalue weighted by molar-refractivity contribution is 5.74. The van der Waals surface area contributed by atoms with E-state index in [1.165, 1.54) is 0 Å². The Hall–Kier alpha value is -1.59. The fourth-order valence-electron chi connectivity index (χ4n) is 2.42. The number of carbonyl (C=O) groups is 1. The average molecular weight is 279 g/mol. The number of aromatic nitrogens is 3. The first kappa shape index (κ1) is 14.8. The third kappa shape index (κ3) is 3.29. The van der Waals surface area contributed by atoms with Crippen LogP contribution in [0, 0.1) is 11.8 Å². The molecule has 0 aliphatic carbocycles. The van der Waals surface area contributed by atoms with Crippen molar-refractivity contribution >= 4 is 6.03 Å². The molecule has 0 saturated carbocycles. The second-order valence-electron chi connectivity index (χ2n) is 6.20. The van der Waals surface area contributed by atoms with Gasteiger partial charge in [-0.05, 0) is 18.3 Å². The quantitative estimate of drug-likeness (QED) is 0.864. The lowest BCUT2D eigenvalue weighted by atomic mass is 10.0. The molecule has 0 unspecified atom stereocenters. The van der Waals surface area contributed by atoms with Gasteiger partial charge in [-0.2, -0.15) is 0 Å². The Bertz CT molecular complexity index is 466. The molecule has 112 valence electrons. The molecule has 2 heterocycles. The van der Waals surface area contributed by atoms with Crippen molar-refractivity contribution in [1.82, 2.24) is 25.4 Å². The number of fused-ring (bicyclic) bond motifs is 1. The van der Waals surface area contributed by atoms with E-state index >= 15 is 0 Å². The highest BCUT2D eigenvalue weighted by Gasteiger charge is 2.27. The Morgan fingerprint density at radius 3 is 2.70 bits per heavy atom. The maximum absolute atomic E-state index is 12.0. The van der Waals surface area contributed by atoms with Crippen LogP contribution in [0.25, 0.3) is 0 Å². The standard InChI is InChI=1S/C14H25N5O/c1-9(2)8-15-14(20)16-12(10(3)4)13-18-17-11-6-5-7-19(11)13/h9-10,12H,5-8H2,1-4H3,(H2,15,16,20)/t12-/m1/s1. The van der Waals surface area contributed by atoms with Gasteiger partial charge in [-0.3, -0.25) is 0 Å². The van der Waals surface area contributed by atoms with Crippen LogP contribution >= 0.6 is 0 Å². The largest absolute Gasteiger partial charge is 0.338 e. The van der Waals surface area contributed by atoms with Gasteiger partial charge in [0.15, 0.2) is 5.82 Å². The van der Waals surface area contributed by atoms with Crippen molar-refractivity contribution in [2.45, 2.75) is 53.1 Å². The van der Waals surface area contributed by atoms with Gasteiger partial charge >= 0.3 is 6.03 Å². The Balaban J connectivity index is 2.05. The Morgan fingerprint density at radius 2 is 2.05 bits per heavy atom. The van der Waals surface area contributed by atoms with Gasteiger partial charge < -0.3 is 15.2 Å². The number of amides is 2. The lowest BCUT2D eigenvalue weighted by Crippen LogP contribution is -2.42. The van der Waals surface area contributed by atoms with Crippen molar-refractivity contribution in [2.75, 3.05) is 6.54 Å². The average Bonchev–Trinajstić information content (AvgIpc) is 2.95. The summed E-state index contributed by atoms with van der Waals surface area (Å²) in [5.41, 5.74) is 0. The molecule has 2 rings (SSSR count). The molecule has 6 heteroatoms. The van der Waals surface area contributed by atoms with E-state index in [0.717, 1.165) is 31.0 Å². The molecule has 1 atom stereocenters. The number of hydrogen-bond acceptors (Lipinski definition) is 3. The third-order valence-corrected chi connectivity index (χ3v) is 3.54. The maximum Gasteiger partial charge on any atom is 0.315 e. The summed E-state index contributed by atoms with van der Waals surface area (Å²) in [7, 11) is 0. The zero-order chi connectivity index (χ0) is 14.7. The molecule has 6 nitrogen and oxygen atoms in total. The molecule has 2 amide bonds. The van der Waals surface area contributed by atoms with Gasteiger partial charge in [0.05, 0.1) is 6.04 Å². The summed E-state index contributed by atoms with van der Waals surface area (Å²) in [5.74, 6) is 2.63. The summed E-state index contributed by atoms with van der Waals surface area (Å²) in [6.45, 7) is 9.95. The van der Waals surface area contributed by atoms with Crippen LogP contribution in [0.4, 0.5) is 4.79 Å². The van der Waals surface area contributed by atoms with E-state index in [0.29, 0.717) is 12.5 Å². The first-order valence-electron chi connectivity index (χ1n) is 7.45. The number of rotatable bonds is 5. The van der Waals surface area contributed by atoms with E-state index in [1.807, 2.05) is 0 Å². The van der Waals surface area contributed by atoms with Gasteiger partial charge in [-0.1, -0.05) is 27.7 Å². The number of nitrogens with zero attached hydrogens (tertiary/aromatic N) is 3. The third-order valence-electron chi connectivity index (χ3n) is 3.54. The van der Waals surface area contributed by atoms with Gasteiger partial charge in [0.1, 0.15) is 5.82 Å². The summed E-state index contributed by atoms with van der Waals surface area (Å²) in [6.07, 6.45) is 2.10. The van der Waals surface area contributed by atoms with E-state index < -0.39 is 0 Å². The summed E-state index contributed by atoms with van der Waals surface area (Å²) in [6, 6.07) is -0.228. The smallest absolute Gasteiger partial charge is 0.315 e. The number of carbonyl (C=O) groups excluding carboxylic acids is 1. The SMILES string of the molecule is CC(C)CNC(=O)N[C@@H](c1nnc2n1CCC2)C(C)C. The molecule has 1 aromatic rings. The highest BCUT2D eigenvalue weighted by Crippen LogP contribution is 2.24. The Morgan fingerprint density at radius 1 is 1.30 bits per heavy atom. The van der Waals surface area contributed by atoms with Crippen LogP contribution in [0.5, 0.6) is 0 Å². The molecular weight excluding hydrogens is 254 g/mol. The van der Waals surface area contributed by atoms with Crippen LogP contribution in [-0.2, 0) is 13.0 Å². The van der Waals surface area contributed by atoms with Crippen molar-refractivity contribution < 1.29 is 4.79 Å². The molecule has 0 radical (unpaired) electrons. The van der Waals surface area contributed by atoms with Gasteiger partial charge in [0, 0.05) is 19.5 Å². The molecule has 0 fully saturated rings. The first-order chi connectivity index (χ1) is 9.49. The Kier molecular flexibility index (Phi) is 4.62. The summed E-state index contributed by atoms with van der Waals surface area (Å²) >= 11 is 0. The van der Waals surface area contributed by atoms with E-state index in [4.69, 9.17) is 0 Å². The van der Waals surface area contributed by atoms with Crippen molar-refractivity contribution in [3.8, 4) is 0 Å². The molecule has 2 N–H and O–H groups in total. The van der Waals surface area contributed by atoms with Crippen LogP contribution in [-0.4, -0.2) is 27.3 Å². The fourth-order valence-corrected chi connectivity index (χ4v) is 2.42. The molecule has 0 aromatic carbocycles. The normalized spacial score (nSPS) is 15.5. The molecular formula is C14H25N5O. The lowest BCUT2D eigenvalue weighted by Gasteiger charge is -2.22. The van der Waals surface area contributed by atoms with E-state index in [1.54, 1.807) is 0 Å². The summed E-state index contributed by atoms with van der Waals surface area (Å²) in [4.78, 5) is 12.0. The van der Waals surface area contributed by atoms with Gasteiger partial charge in [0.25, 0.3) is 0 Å². The maximum atomic E-state index is 12.0. The van der Waals surface area contributed by atoms with Crippen molar-refractivity contribution in [2.24, 2.45) is 11.8 Å². The minimum atomic E-state index is -0.132. The van der Waals surface area contributed by atoms with Crippen LogP contribution in [0.15, 0.2) is 0 Å². The second-order valence-corrected chi connectivity index (χ2v) is 6.20. The summed E-state index contributed by atoms with van der Waals surface area (Å²) < 4.78 is 2.15. The number of hydrogen-bond donors (Lipinski definition) is 2. The monoisotopic (exact) mass is 279 g/mol. The minimum absolute atomic E-state index is 0.0958. The van der Waals surface area contributed by atoms with Crippen LogP contribution in [0.1, 0.15) is 51.8 Å². The molecule has 1 aliphatic rings. The van der Waals surface area contributed by atoms with Crippen molar-refractivity contribution in [3.63, 3.8) is 0 Å². The molecule has 0 bridgehead atoms. The minimum Gasteiger partial charge on any atom is -0.338 e. The van der Waals surface area contributed by atoms with Crippen LogP contribution < -0.4 is 10.6 Å². The van der Waals surface area contributed by atoms with Gasteiger partial charge in [-0.15, -0.1) is 10.2 Å². The zero-order valence-corrected chi connectivity index (χ0v) is 12.8. The predicted molar refractivity (Wildman–Crippen MR) is 77.3 cm³/mol. The van der Waals surface area contributed by atoms with Gasteiger partial charge in [0.2, 0.25) is 0 Å². The molecule has 0 saturated heterocycles. The van der Waals surface area contributed by atoms with Crippen LogP contribution in [0.3, 0.4) is 0 Å². The number of urea groups is 1. The molecule has 0 spiro atoms. The molecule has 1 aliphatic heterocycles. The van der Waals surface area contributed by atoms with Crippen LogP contribution in [0.2, 0.25) is 0 Å². The van der Waals surface area contributed by atoms with E-state index in [2.05, 4.69) is 53.1 Å². The summed E-state index contributed by atoms with van der Waals surface area (Å²) in [5, 5.41) is 14.4. The van der Waals surface area contributed by atoms with E-state index in [9.17, 15) is 4.79 Å². The zero-order valence-electron chi connectivity index (χ0n) is 12.8. The number of nitrogens with one attached hydrogen (secondary N) is 2. The highest BCUT2D eigenvalue weighted by atomic mass is 16.2. The lowest BCUT2D eigenvalue weighted by molar-refractivity contribution is 0.230. The Labute approximate surface area is 120 Å². The van der Waals surface area contributed by atoms with E-state index in [-0.39, 0.29) is 18.0 Å². The topological polar surface area (TPSA) is 71.8 Å². The fraction of sp³-hybridized carbons (Fsp3) is 0.786. The molecule has 1 aromatic heterocycles. The van der Waals surface area contributed by atoms with Crippen molar-refractivity contribution in [1.29, 1.82) is 0 Å². The van der Waals surface area contributed by atoms with Gasteiger partial charge in [-0.25, -0.2) is 4.79 Å². The molecule has 20 heavy (non-hydrogen) atoms. The van der Waals surface area contributed by atoms with Crippen molar-refractivity contribution in [3.05, 3.63) is 11.6 Å². The first-order valence-corrected chi connectivity index (χ1v) is 7.45. The number of aryl methyl sites for hydroxylation is 1. The predicted octanol–water partition coefficient (Wildman–Crippen LogP) is 1.88.